The van der Waals surface area contributed by atoms with Gasteiger partial charge in [0.25, 0.3) is 0 Å². The van der Waals surface area contributed by atoms with Crippen LogP contribution in [0.15, 0.2) is 147 Å². The number of phenolic OH excluding ortho intramolecular Hbond substituents is 12. The van der Waals surface area contributed by atoms with E-state index < -0.39 is 0 Å². The van der Waals surface area contributed by atoms with Crippen molar-refractivity contribution in [3.05, 3.63) is 181 Å². The van der Waals surface area contributed by atoms with E-state index in [1.807, 2.05) is 108 Å². The van der Waals surface area contributed by atoms with Gasteiger partial charge in [-0.1, -0.05) is 83.1 Å². The number of fused-ring (bicyclic) bond motifs is 6. The molecule has 6 heterocycles. The Balaban J connectivity index is 0.000000180. The zero-order chi connectivity index (χ0) is 80.7. The monoisotopic (exact) mass is 1480 g/mol. The highest BCUT2D eigenvalue weighted by Crippen LogP contribution is 2.43. The van der Waals surface area contributed by atoms with E-state index >= 15 is 0 Å². The number of hydrogen-bond acceptors (Lipinski definition) is 12. The standard InChI is InChI=1S/6C15H19NO2/c1-9(2)13-8-16(10(3)4)7-11-5-14(17)15(18)6-12(11)13;1-9(2)14-12-5-6-16(10(3)4)8-11(12)7-13(17)15(14)18;1-9(2)12-7-16(10(3)4)8-13-11(12)5-6-14(17)15(13)18;1-9(2)14-12-8-16(10(3)4)6-5-11(12)7-13(17)15(14)18;1-9(2)15-12-8-14(18)13(17)7-11(12)5-6-16(15)10(3)4;1-9(2)13-7-11-5-6-14(17)15(18)12(11)8-16(13)10(3)4/h3*5-10,17H,1-4H3;2*5-10,18H,1-4H3;5-10,17H,1-4H3/p+6. The Morgan fingerprint density at radius 3 is 1.11 bits per heavy atom. The molecule has 0 amide bonds. The van der Waals surface area contributed by atoms with Gasteiger partial charge >= 0.3 is 0 Å². The predicted octanol–water partition coefficient (Wildman–Crippen LogP) is 19.5. The normalized spacial score (nSPS) is 11.7. The Morgan fingerprint density at radius 1 is 0.222 bits per heavy atom. The summed E-state index contributed by atoms with van der Waals surface area (Å²) in [6, 6.07) is 26.7. The molecule has 0 saturated heterocycles. The lowest BCUT2D eigenvalue weighted by molar-refractivity contribution is -0.723. The van der Waals surface area contributed by atoms with Crippen LogP contribution in [0.5, 0.6) is 69.0 Å². The average Bonchev–Trinajstić information content (AvgIpc) is 0.831. The van der Waals surface area contributed by atoms with E-state index in [1.165, 1.54) is 28.6 Å². The number of phenols is 12. The lowest BCUT2D eigenvalue weighted by atomic mass is 9.95. The van der Waals surface area contributed by atoms with Crippen LogP contribution in [0.3, 0.4) is 0 Å². The molecule has 0 radical (unpaired) electrons. The van der Waals surface area contributed by atoms with Crippen molar-refractivity contribution < 1.29 is 88.7 Å². The Hall–Kier alpha value is -10.6. The van der Waals surface area contributed by atoms with Crippen molar-refractivity contribution in [2.45, 2.75) is 238 Å². The lowest BCUT2D eigenvalue weighted by Gasteiger charge is -2.13. The van der Waals surface area contributed by atoms with Crippen LogP contribution in [0, 0.1) is 0 Å². The molecule has 0 fully saturated rings. The second-order valence-corrected chi connectivity index (χ2v) is 31.8. The first-order chi connectivity index (χ1) is 50.5. The molecule has 108 heavy (non-hydrogen) atoms. The first-order valence-corrected chi connectivity index (χ1v) is 37.8. The van der Waals surface area contributed by atoms with Crippen LogP contribution in [0.25, 0.3) is 64.6 Å². The molecule has 0 saturated carbocycles. The van der Waals surface area contributed by atoms with Crippen molar-refractivity contribution in [1.82, 2.24) is 0 Å². The minimum Gasteiger partial charge on any atom is -0.504 e. The lowest BCUT2D eigenvalue weighted by Crippen LogP contribution is -2.40. The fourth-order valence-corrected chi connectivity index (χ4v) is 13.5. The third kappa shape index (κ3) is 19.2. The van der Waals surface area contributed by atoms with Gasteiger partial charge in [0.2, 0.25) is 0 Å². The molecular weight excluding hydrogens is 1360 g/mol. The van der Waals surface area contributed by atoms with Crippen molar-refractivity contribution in [2.24, 2.45) is 0 Å². The number of aromatic hydroxyl groups is 12. The fourth-order valence-electron chi connectivity index (χ4n) is 13.5. The van der Waals surface area contributed by atoms with Crippen molar-refractivity contribution in [3.63, 3.8) is 0 Å². The summed E-state index contributed by atoms with van der Waals surface area (Å²) in [4.78, 5) is 0. The molecule has 6 aromatic heterocycles. The first-order valence-electron chi connectivity index (χ1n) is 37.8. The number of benzene rings is 6. The van der Waals surface area contributed by atoms with Gasteiger partial charge in [-0.05, 0) is 184 Å². The van der Waals surface area contributed by atoms with Gasteiger partial charge in [-0.3, -0.25) is 0 Å². The van der Waals surface area contributed by atoms with E-state index in [1.54, 1.807) is 42.5 Å². The first kappa shape index (κ1) is 84.6. The van der Waals surface area contributed by atoms with Crippen molar-refractivity contribution in [3.8, 4) is 69.0 Å². The molecule has 12 aromatic rings. The summed E-state index contributed by atoms with van der Waals surface area (Å²) in [6.45, 7) is 50.5. The number of hydrogen-bond donors (Lipinski definition) is 12. The second kappa shape index (κ2) is 35.4. The largest absolute Gasteiger partial charge is 0.504 e. The maximum atomic E-state index is 10.0. The Bertz CT molecular complexity index is 5140. The smallest absolute Gasteiger partial charge is 0.192 e. The highest BCUT2D eigenvalue weighted by Gasteiger charge is 2.27. The summed E-state index contributed by atoms with van der Waals surface area (Å²) in [5.74, 6) is 1.21. The maximum Gasteiger partial charge on any atom is 0.192 e. The summed E-state index contributed by atoms with van der Waals surface area (Å²) in [5, 5.41) is 128. The quantitative estimate of drug-likeness (QED) is 0.0402. The van der Waals surface area contributed by atoms with E-state index in [0.29, 0.717) is 70.7 Å². The van der Waals surface area contributed by atoms with Gasteiger partial charge in [-0.25, -0.2) is 18.3 Å². The molecule has 18 nitrogen and oxygen atoms in total. The van der Waals surface area contributed by atoms with E-state index in [0.717, 1.165) is 65.0 Å². The zero-order valence-corrected chi connectivity index (χ0v) is 67.8. The predicted molar refractivity (Wildman–Crippen MR) is 432 cm³/mol. The van der Waals surface area contributed by atoms with Crippen LogP contribution in [-0.2, 0) is 0 Å². The summed E-state index contributed by atoms with van der Waals surface area (Å²) < 4.78 is 12.7. The second-order valence-electron chi connectivity index (χ2n) is 31.8. The maximum absolute atomic E-state index is 10.0. The van der Waals surface area contributed by atoms with Crippen LogP contribution < -0.4 is 27.4 Å². The molecule has 12 N–H and O–H groups in total. The summed E-state index contributed by atoms with van der Waals surface area (Å²) in [6.07, 6.45) is 20.1. The third-order valence-electron chi connectivity index (χ3n) is 19.5. The third-order valence-corrected chi connectivity index (χ3v) is 19.5. The molecule has 0 aliphatic carbocycles. The molecule has 576 valence electrons. The number of nitrogens with zero attached hydrogens (tertiary/aromatic N) is 6. The van der Waals surface area contributed by atoms with E-state index in [9.17, 15) is 61.3 Å². The fraction of sp³-hybridized carbons (Fsp3) is 0.400. The summed E-state index contributed by atoms with van der Waals surface area (Å²) in [5.41, 5.74) is 6.37. The van der Waals surface area contributed by atoms with Crippen LogP contribution in [0.4, 0.5) is 0 Å². The van der Waals surface area contributed by atoms with E-state index in [-0.39, 0.29) is 80.8 Å². The molecule has 0 bridgehead atoms. The number of rotatable bonds is 12. The number of aromatic nitrogens is 6. The zero-order valence-electron chi connectivity index (χ0n) is 67.8. The molecule has 12 rings (SSSR count). The van der Waals surface area contributed by atoms with Crippen LogP contribution in [0.2, 0.25) is 0 Å². The average molecular weight is 1480 g/mol. The summed E-state index contributed by atoms with van der Waals surface area (Å²) >= 11 is 0. The van der Waals surface area contributed by atoms with Gasteiger partial charge in [0, 0.05) is 85.3 Å². The topological polar surface area (TPSA) is 266 Å². The van der Waals surface area contributed by atoms with Crippen LogP contribution >= 0.6 is 0 Å². The van der Waals surface area contributed by atoms with Crippen molar-refractivity contribution in [2.75, 3.05) is 0 Å². The highest BCUT2D eigenvalue weighted by atomic mass is 16.3. The van der Waals surface area contributed by atoms with Gasteiger partial charge in [-0.2, -0.15) is 9.13 Å². The minimum atomic E-state index is -0.0740. The summed E-state index contributed by atoms with van der Waals surface area (Å²) in [7, 11) is 0. The molecule has 0 unspecified atom stereocenters. The van der Waals surface area contributed by atoms with Crippen molar-refractivity contribution in [1.29, 1.82) is 0 Å². The van der Waals surface area contributed by atoms with Gasteiger partial charge in [0.1, 0.15) is 0 Å². The minimum absolute atomic E-state index is 0.000188. The SMILES string of the molecule is CC(C)c1c(O)c(O)cc2c[n+](C(C)C)ccc12.CC(C)c1c(O)c(O)cc2cc[n+](C(C)C)cc12.CC(C)c1c2cc(O)c(O)cc2cc[n+]1C(C)C.CC(C)c1c[n+](C(C)C)cc2c(O)c(O)ccc12.CC(C)c1c[n+](C(C)C)cc2cc(O)c(O)cc12.CC(C)c1cc2ccc(O)c(O)c2c[n+]1C(C)C. The molecule has 0 aliphatic heterocycles. The van der Waals surface area contributed by atoms with Crippen molar-refractivity contribution >= 4 is 64.6 Å². The van der Waals surface area contributed by atoms with Gasteiger partial charge < -0.3 is 61.3 Å². The molecule has 0 aliphatic rings. The molecular formula is C90H120N6O12+6. The van der Waals surface area contributed by atoms with Gasteiger partial charge in [0.15, 0.2) is 179 Å². The van der Waals surface area contributed by atoms with E-state index in [4.69, 9.17) is 0 Å². The molecule has 6 aromatic carbocycles. The van der Waals surface area contributed by atoms with E-state index in [2.05, 4.69) is 184 Å². The van der Waals surface area contributed by atoms with Gasteiger partial charge in [-0.15, -0.1) is 0 Å². The molecule has 18 heteroatoms. The number of pyridine rings is 6. The molecule has 0 spiro atoms. The highest BCUT2D eigenvalue weighted by molar-refractivity contribution is 5.93. The Morgan fingerprint density at radius 2 is 0.611 bits per heavy atom. The Kier molecular flexibility index (Phi) is 27.7. The Labute approximate surface area is 637 Å². The van der Waals surface area contributed by atoms with Crippen LogP contribution in [0.1, 0.15) is 272 Å². The molecule has 0 atom stereocenters. The van der Waals surface area contributed by atoms with Gasteiger partial charge in [0.05, 0.1) is 21.5 Å². The van der Waals surface area contributed by atoms with Crippen LogP contribution in [-0.4, -0.2) is 61.3 Å².